The van der Waals surface area contributed by atoms with Crippen LogP contribution >= 0.6 is 11.3 Å². The van der Waals surface area contributed by atoms with Gasteiger partial charge in [0.25, 0.3) is 0 Å². The van der Waals surface area contributed by atoms with Gasteiger partial charge in [-0.1, -0.05) is 18.2 Å². The number of thiophene rings is 1. The Kier molecular flexibility index (Phi) is 4.98. The van der Waals surface area contributed by atoms with Gasteiger partial charge in [0.1, 0.15) is 5.82 Å². The van der Waals surface area contributed by atoms with Gasteiger partial charge in [-0.2, -0.15) is 0 Å². The highest BCUT2D eigenvalue weighted by Crippen LogP contribution is 2.35. The standard InChI is InChI=1S/C23H23FN4OS/c1-15-22-18(13-16(14-20(22)29)21-7-4-12-30-21)26-23(25-15)28-10-8-27(9-11-28)19-6-3-2-5-17(19)24/h2-7,12,16H,8-11,13-14H2,1H3/t16-/m0/s1. The Labute approximate surface area is 179 Å². The Balaban J connectivity index is 1.37. The van der Waals surface area contributed by atoms with Gasteiger partial charge >= 0.3 is 0 Å². The average Bonchev–Trinajstić information content (AvgIpc) is 3.29. The summed E-state index contributed by atoms with van der Waals surface area (Å²) in [7, 11) is 0. The molecule has 0 N–H and O–H groups in total. The van der Waals surface area contributed by atoms with E-state index in [1.165, 1.54) is 10.9 Å². The molecule has 1 aromatic carbocycles. The number of benzene rings is 1. The second kappa shape index (κ2) is 7.80. The Bertz CT molecular complexity index is 1080. The lowest BCUT2D eigenvalue weighted by atomic mass is 9.84. The molecule has 5 nitrogen and oxygen atoms in total. The molecule has 3 heterocycles. The quantitative estimate of drug-likeness (QED) is 0.632. The number of aromatic nitrogens is 2. The lowest BCUT2D eigenvalue weighted by molar-refractivity contribution is 0.0962. The molecule has 1 aliphatic heterocycles. The molecule has 0 unspecified atom stereocenters. The molecular formula is C23H23FN4OS. The van der Waals surface area contributed by atoms with E-state index in [1.54, 1.807) is 17.4 Å². The lowest BCUT2D eigenvalue weighted by Gasteiger charge is -2.36. The fourth-order valence-corrected chi connectivity index (χ4v) is 5.31. The maximum absolute atomic E-state index is 14.1. The van der Waals surface area contributed by atoms with Crippen molar-refractivity contribution in [3.05, 3.63) is 69.4 Å². The Morgan fingerprint density at radius 1 is 1.00 bits per heavy atom. The molecule has 0 spiro atoms. The number of para-hydroxylation sites is 1. The van der Waals surface area contributed by atoms with Crippen LogP contribution < -0.4 is 9.80 Å². The second-order valence-electron chi connectivity index (χ2n) is 7.90. The van der Waals surface area contributed by atoms with E-state index in [1.807, 2.05) is 25.1 Å². The molecule has 7 heteroatoms. The lowest BCUT2D eigenvalue weighted by Crippen LogP contribution is -2.47. The third-order valence-electron chi connectivity index (χ3n) is 6.00. The van der Waals surface area contributed by atoms with E-state index in [-0.39, 0.29) is 17.5 Å². The van der Waals surface area contributed by atoms with Crippen molar-refractivity contribution < 1.29 is 9.18 Å². The number of carbonyl (C=O) groups excluding carboxylic acids is 1. The highest BCUT2D eigenvalue weighted by molar-refractivity contribution is 7.10. The summed E-state index contributed by atoms with van der Waals surface area (Å²) in [5, 5.41) is 2.06. The molecule has 1 atom stereocenters. The van der Waals surface area contributed by atoms with Gasteiger partial charge in [0, 0.05) is 43.4 Å². The first-order chi connectivity index (χ1) is 14.6. The molecule has 0 amide bonds. The predicted molar refractivity (Wildman–Crippen MR) is 117 cm³/mol. The highest BCUT2D eigenvalue weighted by Gasteiger charge is 2.31. The summed E-state index contributed by atoms with van der Waals surface area (Å²) in [6, 6.07) is 11.0. The molecule has 2 aliphatic rings. The molecule has 1 aliphatic carbocycles. The van der Waals surface area contributed by atoms with Gasteiger partial charge in [0.15, 0.2) is 5.78 Å². The number of rotatable bonds is 3. The maximum atomic E-state index is 14.1. The van der Waals surface area contributed by atoms with Gasteiger partial charge in [0.05, 0.1) is 22.6 Å². The molecule has 154 valence electrons. The van der Waals surface area contributed by atoms with Crippen molar-refractivity contribution >= 4 is 28.8 Å². The first kappa shape index (κ1) is 19.2. The number of aryl methyl sites for hydroxylation is 1. The molecule has 0 saturated carbocycles. The summed E-state index contributed by atoms with van der Waals surface area (Å²) >= 11 is 1.70. The maximum Gasteiger partial charge on any atom is 0.225 e. The largest absolute Gasteiger partial charge is 0.366 e. The zero-order chi connectivity index (χ0) is 20.7. The van der Waals surface area contributed by atoms with Gasteiger partial charge in [-0.25, -0.2) is 14.4 Å². The van der Waals surface area contributed by atoms with E-state index < -0.39 is 0 Å². The normalized spacial score (nSPS) is 19.1. The van der Waals surface area contributed by atoms with Crippen LogP contribution in [0.5, 0.6) is 0 Å². The summed E-state index contributed by atoms with van der Waals surface area (Å²) in [4.78, 5) is 27.7. The Morgan fingerprint density at radius 2 is 1.77 bits per heavy atom. The van der Waals surface area contributed by atoms with E-state index >= 15 is 0 Å². The van der Waals surface area contributed by atoms with Crippen molar-refractivity contribution in [2.45, 2.75) is 25.7 Å². The summed E-state index contributed by atoms with van der Waals surface area (Å²) < 4.78 is 14.1. The molecule has 30 heavy (non-hydrogen) atoms. The highest BCUT2D eigenvalue weighted by atomic mass is 32.1. The van der Waals surface area contributed by atoms with Gasteiger partial charge in [0.2, 0.25) is 5.95 Å². The Hall–Kier alpha value is -2.80. The van der Waals surface area contributed by atoms with Gasteiger partial charge in [-0.05, 0) is 36.9 Å². The summed E-state index contributed by atoms with van der Waals surface area (Å²) in [5.74, 6) is 0.831. The fraction of sp³-hybridized carbons (Fsp3) is 0.348. The summed E-state index contributed by atoms with van der Waals surface area (Å²) in [6.45, 7) is 4.75. The third-order valence-corrected chi connectivity index (χ3v) is 7.04. The first-order valence-electron chi connectivity index (χ1n) is 10.3. The van der Waals surface area contributed by atoms with Crippen LogP contribution in [-0.2, 0) is 6.42 Å². The molecule has 0 bridgehead atoms. The van der Waals surface area contributed by atoms with Crippen LogP contribution in [0.3, 0.4) is 0 Å². The number of ketones is 1. The van der Waals surface area contributed by atoms with Crippen LogP contribution in [0.15, 0.2) is 41.8 Å². The molecule has 5 rings (SSSR count). The second-order valence-corrected chi connectivity index (χ2v) is 8.88. The van der Waals surface area contributed by atoms with Crippen molar-refractivity contribution in [2.24, 2.45) is 0 Å². The summed E-state index contributed by atoms with van der Waals surface area (Å²) in [5.41, 5.74) is 2.98. The van der Waals surface area contributed by atoms with Gasteiger partial charge in [-0.3, -0.25) is 4.79 Å². The van der Waals surface area contributed by atoms with Crippen LogP contribution in [-0.4, -0.2) is 41.9 Å². The van der Waals surface area contributed by atoms with Crippen LogP contribution in [0, 0.1) is 12.7 Å². The number of nitrogens with zero attached hydrogens (tertiary/aromatic N) is 4. The Morgan fingerprint density at radius 3 is 2.50 bits per heavy atom. The minimum absolute atomic E-state index is 0.142. The monoisotopic (exact) mass is 422 g/mol. The van der Waals surface area contributed by atoms with Crippen molar-refractivity contribution in [3.8, 4) is 0 Å². The number of halogens is 1. The molecule has 0 radical (unpaired) electrons. The zero-order valence-electron chi connectivity index (χ0n) is 16.8. The van der Waals surface area contributed by atoms with E-state index in [0.29, 0.717) is 36.7 Å². The van der Waals surface area contributed by atoms with Crippen molar-refractivity contribution in [3.63, 3.8) is 0 Å². The van der Waals surface area contributed by atoms with Gasteiger partial charge < -0.3 is 9.80 Å². The smallest absolute Gasteiger partial charge is 0.225 e. The molecular weight excluding hydrogens is 399 g/mol. The van der Waals surface area contributed by atoms with Crippen LogP contribution in [0.4, 0.5) is 16.0 Å². The SMILES string of the molecule is Cc1nc(N2CCN(c3ccccc3F)CC2)nc2c1C(=O)C[C@@H](c1cccs1)C2. The number of hydrogen-bond donors (Lipinski definition) is 0. The number of fused-ring (bicyclic) bond motifs is 1. The zero-order valence-corrected chi connectivity index (χ0v) is 17.7. The van der Waals surface area contributed by atoms with Crippen LogP contribution in [0.1, 0.15) is 39.0 Å². The van der Waals surface area contributed by atoms with Crippen molar-refractivity contribution in [2.75, 3.05) is 36.0 Å². The first-order valence-corrected chi connectivity index (χ1v) is 11.2. The van der Waals surface area contributed by atoms with Gasteiger partial charge in [-0.15, -0.1) is 11.3 Å². The number of hydrogen-bond acceptors (Lipinski definition) is 6. The minimum Gasteiger partial charge on any atom is -0.366 e. The predicted octanol–water partition coefficient (Wildman–Crippen LogP) is 4.22. The third kappa shape index (κ3) is 3.47. The minimum atomic E-state index is -0.190. The van der Waals surface area contributed by atoms with Crippen LogP contribution in [0.25, 0.3) is 0 Å². The molecule has 1 saturated heterocycles. The number of piperazine rings is 1. The van der Waals surface area contributed by atoms with E-state index in [0.717, 1.165) is 30.9 Å². The topological polar surface area (TPSA) is 49.3 Å². The average molecular weight is 423 g/mol. The van der Waals surface area contributed by atoms with E-state index in [2.05, 4.69) is 26.2 Å². The van der Waals surface area contributed by atoms with Crippen LogP contribution in [0.2, 0.25) is 0 Å². The summed E-state index contributed by atoms with van der Waals surface area (Å²) in [6.07, 6.45) is 1.30. The number of Topliss-reactive ketones (excluding diaryl/α,β-unsaturated/α-hetero) is 1. The van der Waals surface area contributed by atoms with E-state index in [9.17, 15) is 9.18 Å². The van der Waals surface area contributed by atoms with Crippen molar-refractivity contribution in [1.29, 1.82) is 0 Å². The van der Waals surface area contributed by atoms with Crippen molar-refractivity contribution in [1.82, 2.24) is 9.97 Å². The molecule has 1 fully saturated rings. The van der Waals surface area contributed by atoms with E-state index in [4.69, 9.17) is 4.98 Å². The number of anilines is 2. The number of carbonyl (C=O) groups is 1. The fourth-order valence-electron chi connectivity index (χ4n) is 4.48. The molecule has 2 aromatic heterocycles. The molecule has 3 aromatic rings.